The van der Waals surface area contributed by atoms with Gasteiger partial charge in [0.25, 0.3) is 0 Å². The second kappa shape index (κ2) is 7.14. The molecule has 4 aliphatic rings. The van der Waals surface area contributed by atoms with E-state index >= 15 is 0 Å². The summed E-state index contributed by atoms with van der Waals surface area (Å²) in [6, 6.07) is 0. The number of aromatic nitrogens is 3. The van der Waals surface area contributed by atoms with E-state index in [-0.39, 0.29) is 11.3 Å². The molecule has 8 atom stereocenters. The Labute approximate surface area is 172 Å². The summed E-state index contributed by atoms with van der Waals surface area (Å²) in [5, 5.41) is 18.7. The molecule has 0 bridgehead atoms. The van der Waals surface area contributed by atoms with E-state index < -0.39 is 12.3 Å². The van der Waals surface area contributed by atoms with Gasteiger partial charge in [0.1, 0.15) is 13.2 Å². The third kappa shape index (κ3) is 3.17. The summed E-state index contributed by atoms with van der Waals surface area (Å²) >= 11 is 0. The highest BCUT2D eigenvalue weighted by Crippen LogP contribution is 2.64. The van der Waals surface area contributed by atoms with E-state index in [1.54, 1.807) is 12.4 Å². The SMILES string of the molecule is C[C@]12CCC3C(CC[C@H]4C[C@@](O)(CF)CC[C@H]34)C1CC[C@@H]2C(=O)Cn1nccn1. The molecular formula is C23H34FN3O2. The second-order valence-electron chi connectivity index (χ2n) is 10.7. The number of nitrogens with zero attached hydrogens (tertiary/aromatic N) is 3. The number of alkyl halides is 1. The van der Waals surface area contributed by atoms with E-state index in [2.05, 4.69) is 17.1 Å². The van der Waals surface area contributed by atoms with Gasteiger partial charge in [0.05, 0.1) is 18.0 Å². The summed E-state index contributed by atoms with van der Waals surface area (Å²) < 4.78 is 13.3. The minimum Gasteiger partial charge on any atom is -0.387 e. The number of rotatable bonds is 4. The number of carbonyl (C=O) groups excluding carboxylic acids is 1. The van der Waals surface area contributed by atoms with Crippen LogP contribution in [0, 0.1) is 40.9 Å². The zero-order chi connectivity index (χ0) is 20.2. The summed E-state index contributed by atoms with van der Waals surface area (Å²) in [7, 11) is 0. The molecule has 0 amide bonds. The number of hydrogen-bond acceptors (Lipinski definition) is 4. The smallest absolute Gasteiger partial charge is 0.159 e. The first-order valence-corrected chi connectivity index (χ1v) is 11.6. The molecule has 4 fully saturated rings. The lowest BCUT2D eigenvalue weighted by Gasteiger charge is -2.56. The fourth-order valence-corrected chi connectivity index (χ4v) is 8.19. The lowest BCUT2D eigenvalue weighted by molar-refractivity contribution is -0.134. The molecule has 1 aromatic heterocycles. The van der Waals surface area contributed by atoms with Crippen LogP contribution in [0.15, 0.2) is 12.4 Å². The van der Waals surface area contributed by atoms with Crippen molar-refractivity contribution >= 4 is 5.78 Å². The van der Waals surface area contributed by atoms with Crippen LogP contribution in [0.4, 0.5) is 4.39 Å². The van der Waals surface area contributed by atoms with Gasteiger partial charge in [0.2, 0.25) is 0 Å². The molecule has 0 saturated heterocycles. The van der Waals surface area contributed by atoms with Gasteiger partial charge in [-0.3, -0.25) is 4.79 Å². The average molecular weight is 404 g/mol. The third-order valence-electron chi connectivity index (χ3n) is 9.51. The summed E-state index contributed by atoms with van der Waals surface area (Å²) in [6.07, 6.45) is 12.3. The summed E-state index contributed by atoms with van der Waals surface area (Å²) in [4.78, 5) is 14.6. The Balaban J connectivity index is 1.31. The fourth-order valence-electron chi connectivity index (χ4n) is 8.19. The number of hydrogen-bond donors (Lipinski definition) is 1. The van der Waals surface area contributed by atoms with Crippen molar-refractivity contribution in [2.75, 3.05) is 6.67 Å². The Morgan fingerprint density at radius 2 is 1.83 bits per heavy atom. The van der Waals surface area contributed by atoms with Gasteiger partial charge in [-0.25, -0.2) is 4.39 Å². The van der Waals surface area contributed by atoms with Gasteiger partial charge in [-0.2, -0.15) is 15.0 Å². The van der Waals surface area contributed by atoms with E-state index in [1.165, 1.54) is 17.6 Å². The molecule has 1 N–H and O–H groups in total. The van der Waals surface area contributed by atoms with E-state index in [4.69, 9.17) is 0 Å². The molecule has 1 heterocycles. The van der Waals surface area contributed by atoms with Gasteiger partial charge in [-0.05, 0) is 92.8 Å². The molecule has 4 saturated carbocycles. The summed E-state index contributed by atoms with van der Waals surface area (Å²) in [5.74, 6) is 3.59. The van der Waals surface area contributed by atoms with Crippen LogP contribution in [0.1, 0.15) is 64.7 Å². The number of Topliss-reactive ketones (excluding diaryl/α,β-unsaturated/α-hetero) is 1. The van der Waals surface area contributed by atoms with E-state index in [0.29, 0.717) is 54.8 Å². The first-order valence-electron chi connectivity index (χ1n) is 11.6. The van der Waals surface area contributed by atoms with Crippen LogP contribution in [0.5, 0.6) is 0 Å². The number of ketones is 1. The molecule has 0 radical (unpaired) electrons. The number of fused-ring (bicyclic) bond motifs is 5. The lowest BCUT2D eigenvalue weighted by atomic mass is 9.49. The first kappa shape index (κ1) is 19.7. The van der Waals surface area contributed by atoms with Crippen LogP contribution < -0.4 is 0 Å². The van der Waals surface area contributed by atoms with Crippen LogP contribution in [0.3, 0.4) is 0 Å². The van der Waals surface area contributed by atoms with Crippen LogP contribution in [0.2, 0.25) is 0 Å². The molecule has 4 aliphatic carbocycles. The quantitative estimate of drug-likeness (QED) is 0.830. The highest BCUT2D eigenvalue weighted by Gasteiger charge is 2.59. The standard InChI is InChI=1S/C23H34FN3O2/c1-22-8-6-17-16-7-9-23(29,14-24)12-15(16)2-3-18(17)19(22)4-5-20(22)21(28)13-27-25-10-11-26-27/h10-11,15-20,29H,2-9,12-14H2,1H3/t15-,16-,17?,18?,19?,20+,22-,23+/m0/s1. The molecule has 6 heteroatoms. The van der Waals surface area contributed by atoms with Gasteiger partial charge < -0.3 is 5.11 Å². The molecule has 3 unspecified atom stereocenters. The Morgan fingerprint density at radius 3 is 2.59 bits per heavy atom. The first-order chi connectivity index (χ1) is 13.9. The van der Waals surface area contributed by atoms with Crippen molar-refractivity contribution in [1.29, 1.82) is 0 Å². The molecular weight excluding hydrogens is 369 g/mol. The van der Waals surface area contributed by atoms with Crippen molar-refractivity contribution in [1.82, 2.24) is 15.0 Å². The predicted octanol–water partition coefficient (Wildman–Crippen LogP) is 3.82. The van der Waals surface area contributed by atoms with Gasteiger partial charge >= 0.3 is 0 Å². The van der Waals surface area contributed by atoms with Crippen molar-refractivity contribution in [3.05, 3.63) is 12.4 Å². The fraction of sp³-hybridized carbons (Fsp3) is 0.870. The van der Waals surface area contributed by atoms with Crippen LogP contribution in [-0.2, 0) is 11.3 Å². The van der Waals surface area contributed by atoms with Crippen LogP contribution >= 0.6 is 0 Å². The van der Waals surface area contributed by atoms with Gasteiger partial charge in [-0.15, -0.1) is 0 Å². The predicted molar refractivity (Wildman–Crippen MR) is 107 cm³/mol. The average Bonchev–Trinajstić information content (AvgIpc) is 3.34. The Bertz CT molecular complexity index is 755. The Morgan fingerprint density at radius 1 is 1.07 bits per heavy atom. The topological polar surface area (TPSA) is 68.0 Å². The summed E-state index contributed by atoms with van der Waals surface area (Å²) in [6.45, 7) is 2.06. The van der Waals surface area contributed by atoms with E-state index in [1.807, 2.05) is 0 Å². The van der Waals surface area contributed by atoms with Gasteiger partial charge in [0, 0.05) is 5.92 Å². The monoisotopic (exact) mass is 403 g/mol. The molecule has 0 aromatic carbocycles. The van der Waals surface area contributed by atoms with Crippen molar-refractivity contribution in [2.45, 2.75) is 76.9 Å². The molecule has 5 rings (SSSR count). The molecule has 1 aromatic rings. The molecule has 5 nitrogen and oxygen atoms in total. The molecule has 29 heavy (non-hydrogen) atoms. The molecule has 0 spiro atoms. The maximum Gasteiger partial charge on any atom is 0.159 e. The molecule has 160 valence electrons. The largest absolute Gasteiger partial charge is 0.387 e. The minimum atomic E-state index is -1.07. The van der Waals surface area contributed by atoms with Crippen LogP contribution in [0.25, 0.3) is 0 Å². The normalized spacial score (nSPS) is 46.6. The van der Waals surface area contributed by atoms with Crippen molar-refractivity contribution in [2.24, 2.45) is 40.9 Å². The maximum absolute atomic E-state index is 13.3. The minimum absolute atomic E-state index is 0.104. The lowest BCUT2D eigenvalue weighted by Crippen LogP contribution is -2.52. The Hall–Kier alpha value is -1.30. The van der Waals surface area contributed by atoms with Crippen molar-refractivity contribution in [3.8, 4) is 0 Å². The van der Waals surface area contributed by atoms with Gasteiger partial charge in [0.15, 0.2) is 5.78 Å². The van der Waals surface area contributed by atoms with E-state index in [0.717, 1.165) is 32.1 Å². The summed E-state index contributed by atoms with van der Waals surface area (Å²) in [5.41, 5.74) is -0.963. The number of halogens is 1. The zero-order valence-electron chi connectivity index (χ0n) is 17.5. The maximum atomic E-state index is 13.3. The molecule has 0 aliphatic heterocycles. The number of carbonyl (C=O) groups is 1. The second-order valence-corrected chi connectivity index (χ2v) is 10.7. The van der Waals surface area contributed by atoms with Crippen LogP contribution in [-0.4, -0.2) is 38.2 Å². The van der Waals surface area contributed by atoms with Gasteiger partial charge in [-0.1, -0.05) is 6.92 Å². The highest BCUT2D eigenvalue weighted by molar-refractivity contribution is 5.81. The third-order valence-corrected chi connectivity index (χ3v) is 9.51. The van der Waals surface area contributed by atoms with Crippen molar-refractivity contribution < 1.29 is 14.3 Å². The zero-order valence-corrected chi connectivity index (χ0v) is 17.5. The van der Waals surface area contributed by atoms with Crippen molar-refractivity contribution in [3.63, 3.8) is 0 Å². The Kier molecular flexibility index (Phi) is 4.84. The highest BCUT2D eigenvalue weighted by atomic mass is 19.1. The van der Waals surface area contributed by atoms with E-state index in [9.17, 15) is 14.3 Å². The number of aliphatic hydroxyl groups is 1.